The zero-order valence-electron chi connectivity index (χ0n) is 5.87. The second-order valence-corrected chi connectivity index (χ2v) is 2.44. The number of hydrogen-bond donors (Lipinski definition) is 2. The summed E-state index contributed by atoms with van der Waals surface area (Å²) in [4.78, 5) is 3.05. The van der Waals surface area contributed by atoms with Gasteiger partial charge in [0.1, 0.15) is 5.69 Å². The van der Waals surface area contributed by atoms with Crippen LogP contribution >= 0.6 is 0 Å². The van der Waals surface area contributed by atoms with Gasteiger partial charge in [-0.15, -0.1) is 0 Å². The SMILES string of the molecule is [O-][NH2+]c1ccc2[nH]ccc2c1. The highest BCUT2D eigenvalue weighted by Crippen LogP contribution is 2.14. The lowest BCUT2D eigenvalue weighted by Gasteiger charge is -1.99. The Morgan fingerprint density at radius 1 is 1.27 bits per heavy atom. The van der Waals surface area contributed by atoms with Crippen molar-refractivity contribution in [1.29, 1.82) is 0 Å². The van der Waals surface area contributed by atoms with Crippen molar-refractivity contribution in [2.24, 2.45) is 0 Å². The lowest BCUT2D eigenvalue weighted by Crippen LogP contribution is -2.70. The van der Waals surface area contributed by atoms with Crippen LogP contribution in [0.4, 0.5) is 5.69 Å². The zero-order valence-corrected chi connectivity index (χ0v) is 5.87. The average molecular weight is 148 g/mol. The van der Waals surface area contributed by atoms with Crippen LogP contribution in [0.3, 0.4) is 0 Å². The minimum absolute atomic E-state index is 0.720. The van der Waals surface area contributed by atoms with Crippen LogP contribution in [-0.4, -0.2) is 4.98 Å². The Morgan fingerprint density at radius 3 is 3.00 bits per heavy atom. The number of rotatable bonds is 1. The highest BCUT2D eigenvalue weighted by Gasteiger charge is 1.95. The van der Waals surface area contributed by atoms with Crippen molar-refractivity contribution < 1.29 is 5.48 Å². The number of quaternary nitrogens is 1. The molecule has 0 fully saturated rings. The fourth-order valence-electron chi connectivity index (χ4n) is 1.15. The molecule has 11 heavy (non-hydrogen) atoms. The molecule has 0 aliphatic rings. The summed E-state index contributed by atoms with van der Waals surface area (Å²) in [6.45, 7) is 0. The summed E-state index contributed by atoms with van der Waals surface area (Å²) in [6, 6.07) is 7.51. The predicted molar refractivity (Wildman–Crippen MR) is 43.3 cm³/mol. The summed E-state index contributed by atoms with van der Waals surface area (Å²) in [5.41, 5.74) is 2.64. The number of nitrogens with one attached hydrogen (secondary N) is 1. The van der Waals surface area contributed by atoms with E-state index < -0.39 is 0 Å². The number of aromatic amines is 1. The molecule has 2 aromatic rings. The third kappa shape index (κ3) is 1.00. The molecule has 0 saturated carbocycles. The standard InChI is InChI=1S/C8H8N2O/c11-10-7-1-2-8-6(5-7)3-4-9-8/h1-5,9H,10H2. The van der Waals surface area contributed by atoms with Crippen molar-refractivity contribution in [1.82, 2.24) is 4.98 Å². The first kappa shape index (κ1) is 6.39. The lowest BCUT2D eigenvalue weighted by atomic mass is 10.2. The fourth-order valence-corrected chi connectivity index (χ4v) is 1.15. The Labute approximate surface area is 63.6 Å². The van der Waals surface area contributed by atoms with Crippen LogP contribution in [0.1, 0.15) is 0 Å². The summed E-state index contributed by atoms with van der Waals surface area (Å²) >= 11 is 0. The molecule has 0 spiro atoms. The monoisotopic (exact) mass is 148 g/mol. The molecular weight excluding hydrogens is 140 g/mol. The first-order valence-electron chi connectivity index (χ1n) is 3.42. The van der Waals surface area contributed by atoms with Gasteiger partial charge in [0.15, 0.2) is 0 Å². The van der Waals surface area contributed by atoms with Crippen LogP contribution < -0.4 is 5.48 Å². The number of aromatic nitrogens is 1. The third-order valence-electron chi connectivity index (χ3n) is 1.71. The Hall–Kier alpha value is -1.32. The molecule has 0 atom stereocenters. The first-order chi connectivity index (χ1) is 5.40. The van der Waals surface area contributed by atoms with Gasteiger partial charge in [-0.25, -0.2) is 0 Å². The zero-order chi connectivity index (χ0) is 7.68. The van der Waals surface area contributed by atoms with E-state index in [1.165, 1.54) is 0 Å². The van der Waals surface area contributed by atoms with Gasteiger partial charge in [0.25, 0.3) is 0 Å². The van der Waals surface area contributed by atoms with Gasteiger partial charge in [0.2, 0.25) is 0 Å². The van der Waals surface area contributed by atoms with Crippen molar-refractivity contribution >= 4 is 16.6 Å². The van der Waals surface area contributed by atoms with Crippen molar-refractivity contribution in [3.8, 4) is 0 Å². The summed E-state index contributed by atoms with van der Waals surface area (Å²) in [5, 5.41) is 11.4. The number of nitrogens with two attached hydrogens (primary N) is 1. The lowest BCUT2D eigenvalue weighted by molar-refractivity contribution is -0.497. The van der Waals surface area contributed by atoms with E-state index in [2.05, 4.69) is 4.98 Å². The fraction of sp³-hybridized carbons (Fsp3) is 0. The molecule has 0 amide bonds. The van der Waals surface area contributed by atoms with Crippen LogP contribution in [0.15, 0.2) is 30.5 Å². The van der Waals surface area contributed by atoms with E-state index in [1.807, 2.05) is 24.4 Å². The molecule has 3 heteroatoms. The molecule has 3 N–H and O–H groups in total. The first-order valence-corrected chi connectivity index (χ1v) is 3.42. The molecule has 0 bridgehead atoms. The van der Waals surface area contributed by atoms with E-state index in [4.69, 9.17) is 0 Å². The quantitative estimate of drug-likeness (QED) is 0.457. The Morgan fingerprint density at radius 2 is 2.18 bits per heavy atom. The molecule has 0 saturated heterocycles. The molecule has 1 aromatic heterocycles. The maximum Gasteiger partial charge on any atom is 0.130 e. The second kappa shape index (κ2) is 2.38. The average Bonchev–Trinajstić information content (AvgIpc) is 2.50. The van der Waals surface area contributed by atoms with Gasteiger partial charge in [0.05, 0.1) is 0 Å². The van der Waals surface area contributed by atoms with Crippen molar-refractivity contribution in [2.45, 2.75) is 0 Å². The minimum atomic E-state index is 0.720. The molecule has 0 aliphatic heterocycles. The van der Waals surface area contributed by atoms with Crippen LogP contribution in [-0.2, 0) is 0 Å². The van der Waals surface area contributed by atoms with E-state index in [1.54, 1.807) is 6.07 Å². The highest BCUT2D eigenvalue weighted by molar-refractivity contribution is 5.81. The van der Waals surface area contributed by atoms with Crippen molar-refractivity contribution in [2.75, 3.05) is 0 Å². The molecule has 1 heterocycles. The summed E-state index contributed by atoms with van der Waals surface area (Å²) < 4.78 is 0. The topological polar surface area (TPSA) is 55.5 Å². The van der Waals surface area contributed by atoms with Crippen LogP contribution in [0.2, 0.25) is 0 Å². The molecule has 0 unspecified atom stereocenters. The maximum absolute atomic E-state index is 10.4. The van der Waals surface area contributed by atoms with Crippen molar-refractivity contribution in [3.63, 3.8) is 0 Å². The number of fused-ring (bicyclic) bond motifs is 1. The predicted octanol–water partition coefficient (Wildman–Crippen LogP) is 0.861. The van der Waals surface area contributed by atoms with Gasteiger partial charge in [-0.2, -0.15) is 0 Å². The van der Waals surface area contributed by atoms with Gasteiger partial charge >= 0.3 is 0 Å². The van der Waals surface area contributed by atoms with Gasteiger partial charge in [0, 0.05) is 29.2 Å². The maximum atomic E-state index is 10.4. The molecule has 2 rings (SSSR count). The molecule has 0 radical (unpaired) electrons. The van der Waals surface area contributed by atoms with E-state index in [9.17, 15) is 5.21 Å². The van der Waals surface area contributed by atoms with Crippen LogP contribution in [0, 0.1) is 5.21 Å². The van der Waals surface area contributed by atoms with Crippen LogP contribution in [0.5, 0.6) is 0 Å². The largest absolute Gasteiger partial charge is 0.630 e. The van der Waals surface area contributed by atoms with Gasteiger partial charge in [-0.05, 0) is 12.1 Å². The van der Waals surface area contributed by atoms with E-state index in [0.717, 1.165) is 22.1 Å². The number of hydrogen-bond acceptors (Lipinski definition) is 1. The van der Waals surface area contributed by atoms with Crippen LogP contribution in [0.25, 0.3) is 10.9 Å². The minimum Gasteiger partial charge on any atom is -0.630 e. The van der Waals surface area contributed by atoms with Gasteiger partial charge in [-0.3, -0.25) is 0 Å². The summed E-state index contributed by atoms with van der Waals surface area (Å²) in [5.74, 6) is 0. The summed E-state index contributed by atoms with van der Waals surface area (Å²) in [6.07, 6.45) is 1.86. The Kier molecular flexibility index (Phi) is 1.38. The van der Waals surface area contributed by atoms with Gasteiger partial charge < -0.3 is 15.7 Å². The van der Waals surface area contributed by atoms with E-state index in [-0.39, 0.29) is 0 Å². The molecule has 56 valence electrons. The molecule has 1 aromatic carbocycles. The second-order valence-electron chi connectivity index (χ2n) is 2.44. The molecular formula is C8H8N2O. The highest BCUT2D eigenvalue weighted by atomic mass is 16.5. The number of H-pyrrole nitrogens is 1. The van der Waals surface area contributed by atoms with Gasteiger partial charge in [-0.1, -0.05) is 0 Å². The normalized spacial score (nSPS) is 10.6. The van der Waals surface area contributed by atoms with E-state index >= 15 is 0 Å². The Bertz CT molecular complexity index is 367. The molecule has 0 aliphatic carbocycles. The van der Waals surface area contributed by atoms with E-state index in [0.29, 0.717) is 0 Å². The third-order valence-corrected chi connectivity index (χ3v) is 1.71. The summed E-state index contributed by atoms with van der Waals surface area (Å²) in [7, 11) is 0. The molecule has 3 nitrogen and oxygen atoms in total. The van der Waals surface area contributed by atoms with Crippen molar-refractivity contribution in [3.05, 3.63) is 35.7 Å². The number of benzene rings is 1. The smallest absolute Gasteiger partial charge is 0.130 e. The Balaban J connectivity index is 2.67.